The maximum Gasteiger partial charge on any atom is 0.408 e. The Balaban J connectivity index is 1.67. The Bertz CT molecular complexity index is 697. The van der Waals surface area contributed by atoms with Crippen LogP contribution in [-0.4, -0.2) is 45.8 Å². The summed E-state index contributed by atoms with van der Waals surface area (Å²) < 4.78 is 5.22. The van der Waals surface area contributed by atoms with Gasteiger partial charge in [-0.3, -0.25) is 4.84 Å². The van der Waals surface area contributed by atoms with Gasteiger partial charge in [-0.1, -0.05) is 6.08 Å². The molecule has 3 amide bonds. The number of alkyl carbamates (subject to hydrolysis) is 1. The van der Waals surface area contributed by atoms with Gasteiger partial charge in [-0.2, -0.15) is 5.06 Å². The molecule has 0 radical (unpaired) electrons. The predicted octanol–water partition coefficient (Wildman–Crippen LogP) is 2.58. The van der Waals surface area contributed by atoms with Crippen molar-refractivity contribution in [2.24, 2.45) is 0 Å². The zero-order valence-electron chi connectivity index (χ0n) is 14.6. The second-order valence-electron chi connectivity index (χ2n) is 6.86. The number of amides is 3. The lowest BCUT2D eigenvalue weighted by molar-refractivity contribution is -0.118. The van der Waals surface area contributed by atoms with Crippen molar-refractivity contribution in [3.05, 3.63) is 28.2 Å². The number of nitrogens with one attached hydrogen (secondary N) is 1. The molecule has 1 N–H and O–H groups in total. The lowest BCUT2D eigenvalue weighted by atomic mass is 10.1. The van der Waals surface area contributed by atoms with Crippen molar-refractivity contribution in [1.82, 2.24) is 20.3 Å². The van der Waals surface area contributed by atoms with Crippen molar-refractivity contribution >= 4 is 23.5 Å². The van der Waals surface area contributed by atoms with Crippen molar-refractivity contribution in [2.75, 3.05) is 13.2 Å². The highest BCUT2D eigenvalue weighted by Gasteiger charge is 2.45. The number of rotatable bonds is 5. The summed E-state index contributed by atoms with van der Waals surface area (Å²) in [6, 6.07) is -0.311. The number of aromatic nitrogens is 1. The third-order valence-corrected chi connectivity index (χ3v) is 4.86. The van der Waals surface area contributed by atoms with E-state index in [1.165, 1.54) is 16.4 Å². The molecule has 2 aliphatic heterocycles. The number of thiazole rings is 1. The Morgan fingerprint density at radius 3 is 2.96 bits per heavy atom. The minimum atomic E-state index is -0.540. The first-order chi connectivity index (χ1) is 11.8. The molecule has 1 atom stereocenters. The van der Waals surface area contributed by atoms with Gasteiger partial charge >= 0.3 is 12.1 Å². The lowest BCUT2D eigenvalue weighted by Crippen LogP contribution is -2.32. The molecule has 9 heteroatoms. The standard InChI is InChI=1S/C16H22N4O4S/c1-5-6-23-20-11-9-19(15(20)22)8-10-13(11)25-12(18-10)7-17-14(21)24-16(2,3)4/h5,11H,1,6-9H2,2-4H3,(H,17,21). The van der Waals surface area contributed by atoms with Crippen LogP contribution in [0.1, 0.15) is 42.4 Å². The molecule has 8 nitrogen and oxygen atoms in total. The van der Waals surface area contributed by atoms with Crippen molar-refractivity contribution in [3.63, 3.8) is 0 Å². The fraction of sp³-hybridized carbons (Fsp3) is 0.562. The third-order valence-electron chi connectivity index (χ3n) is 3.66. The monoisotopic (exact) mass is 366 g/mol. The van der Waals surface area contributed by atoms with Gasteiger partial charge in [0.2, 0.25) is 0 Å². The number of hydrogen-bond acceptors (Lipinski definition) is 6. The number of nitrogens with zero attached hydrogens (tertiary/aromatic N) is 3. The number of ether oxygens (including phenoxy) is 1. The van der Waals surface area contributed by atoms with E-state index < -0.39 is 11.7 Å². The quantitative estimate of drug-likeness (QED) is 0.810. The number of hydrogen-bond donors (Lipinski definition) is 1. The maximum absolute atomic E-state index is 12.3. The van der Waals surface area contributed by atoms with Crippen molar-refractivity contribution in [2.45, 2.75) is 45.5 Å². The smallest absolute Gasteiger partial charge is 0.408 e. The molecule has 1 aromatic rings. The summed E-state index contributed by atoms with van der Waals surface area (Å²) in [5.74, 6) is 0. The summed E-state index contributed by atoms with van der Waals surface area (Å²) >= 11 is 1.49. The van der Waals surface area contributed by atoms with Crippen LogP contribution in [-0.2, 0) is 22.7 Å². The molecular formula is C16H22N4O4S. The molecule has 3 rings (SSSR count). The van der Waals surface area contributed by atoms with Crippen molar-refractivity contribution in [3.8, 4) is 0 Å². The highest BCUT2D eigenvalue weighted by Crippen LogP contribution is 2.40. The third kappa shape index (κ3) is 3.77. The van der Waals surface area contributed by atoms with E-state index in [1.54, 1.807) is 11.0 Å². The van der Waals surface area contributed by atoms with Crippen LogP contribution in [0.3, 0.4) is 0 Å². The fourth-order valence-corrected chi connectivity index (χ4v) is 3.83. The largest absolute Gasteiger partial charge is 0.444 e. The SMILES string of the molecule is C=CCON1C(=O)N2Cc3nc(CNC(=O)OC(C)(C)C)sc3C1C2. The first-order valence-corrected chi connectivity index (χ1v) is 8.87. The van der Waals surface area contributed by atoms with E-state index in [1.807, 2.05) is 20.8 Å². The minimum absolute atomic E-state index is 0.148. The van der Waals surface area contributed by atoms with Crippen LogP contribution in [0.4, 0.5) is 9.59 Å². The minimum Gasteiger partial charge on any atom is -0.444 e. The molecule has 0 aliphatic carbocycles. The molecule has 2 bridgehead atoms. The fourth-order valence-electron chi connectivity index (χ4n) is 2.74. The maximum atomic E-state index is 12.3. The highest BCUT2D eigenvalue weighted by molar-refractivity contribution is 7.11. The summed E-state index contributed by atoms with van der Waals surface area (Å²) in [5.41, 5.74) is 0.322. The Morgan fingerprint density at radius 2 is 2.28 bits per heavy atom. The van der Waals surface area contributed by atoms with Gasteiger partial charge < -0.3 is 15.0 Å². The molecule has 2 aliphatic rings. The molecule has 1 fully saturated rings. The van der Waals surface area contributed by atoms with E-state index in [-0.39, 0.29) is 18.7 Å². The van der Waals surface area contributed by atoms with Gasteiger partial charge in [0.15, 0.2) is 0 Å². The number of carbonyl (C=O) groups excluding carboxylic acids is 2. The molecular weight excluding hydrogens is 344 g/mol. The Hall–Kier alpha value is -2.13. The Kier molecular flexibility index (Phi) is 4.70. The Morgan fingerprint density at radius 1 is 1.52 bits per heavy atom. The van der Waals surface area contributed by atoms with Gasteiger partial charge in [-0.05, 0) is 20.8 Å². The van der Waals surface area contributed by atoms with Crippen LogP contribution in [0.5, 0.6) is 0 Å². The summed E-state index contributed by atoms with van der Waals surface area (Å²) in [6.45, 7) is 10.7. The van der Waals surface area contributed by atoms with Crippen LogP contribution in [0.15, 0.2) is 12.7 Å². The average molecular weight is 366 g/mol. The molecule has 0 spiro atoms. The van der Waals surface area contributed by atoms with E-state index in [0.717, 1.165) is 15.6 Å². The van der Waals surface area contributed by atoms with E-state index in [4.69, 9.17) is 9.57 Å². The van der Waals surface area contributed by atoms with E-state index in [0.29, 0.717) is 19.6 Å². The van der Waals surface area contributed by atoms with E-state index in [9.17, 15) is 9.59 Å². The molecule has 0 aromatic carbocycles. The van der Waals surface area contributed by atoms with Crippen LogP contribution in [0, 0.1) is 0 Å². The van der Waals surface area contributed by atoms with Crippen LogP contribution < -0.4 is 5.32 Å². The van der Waals surface area contributed by atoms with Crippen molar-refractivity contribution < 1.29 is 19.2 Å². The van der Waals surface area contributed by atoms with Crippen LogP contribution in [0.2, 0.25) is 0 Å². The van der Waals surface area contributed by atoms with Crippen LogP contribution >= 0.6 is 11.3 Å². The highest BCUT2D eigenvalue weighted by atomic mass is 32.1. The molecule has 0 saturated carbocycles. The normalized spacial score (nSPS) is 19.0. The van der Waals surface area contributed by atoms with Crippen molar-refractivity contribution in [1.29, 1.82) is 0 Å². The summed E-state index contributed by atoms with van der Waals surface area (Å²) in [4.78, 5) is 36.8. The van der Waals surface area contributed by atoms with Gasteiger partial charge in [-0.15, -0.1) is 17.9 Å². The zero-order chi connectivity index (χ0) is 18.2. The Labute approximate surface area is 150 Å². The molecule has 25 heavy (non-hydrogen) atoms. The average Bonchev–Trinajstić information content (AvgIpc) is 3.04. The van der Waals surface area contributed by atoms with Crippen LogP contribution in [0.25, 0.3) is 0 Å². The number of hydroxylamine groups is 2. The predicted molar refractivity (Wildman–Crippen MR) is 91.7 cm³/mol. The second kappa shape index (κ2) is 6.64. The summed E-state index contributed by atoms with van der Waals surface area (Å²) in [7, 11) is 0. The molecule has 1 aromatic heterocycles. The summed E-state index contributed by atoms with van der Waals surface area (Å²) in [5, 5.41) is 4.89. The second-order valence-corrected chi connectivity index (χ2v) is 7.98. The molecule has 1 unspecified atom stereocenters. The lowest BCUT2D eigenvalue weighted by Gasteiger charge is -2.21. The topological polar surface area (TPSA) is 84.0 Å². The number of fused-ring (bicyclic) bond motifs is 4. The number of carbonyl (C=O) groups is 2. The first kappa shape index (κ1) is 17.7. The van der Waals surface area contributed by atoms with Gasteiger partial charge in [0.25, 0.3) is 0 Å². The zero-order valence-corrected chi connectivity index (χ0v) is 15.4. The molecule has 136 valence electrons. The first-order valence-electron chi connectivity index (χ1n) is 8.06. The summed E-state index contributed by atoms with van der Waals surface area (Å²) in [6.07, 6.45) is 1.13. The molecule has 3 heterocycles. The van der Waals surface area contributed by atoms with E-state index >= 15 is 0 Å². The van der Waals surface area contributed by atoms with Gasteiger partial charge in [0.1, 0.15) is 16.7 Å². The molecule has 1 saturated heterocycles. The van der Waals surface area contributed by atoms with Gasteiger partial charge in [-0.25, -0.2) is 14.6 Å². The number of urea groups is 1. The van der Waals surface area contributed by atoms with Gasteiger partial charge in [0.05, 0.1) is 36.8 Å². The van der Waals surface area contributed by atoms with Gasteiger partial charge in [0, 0.05) is 0 Å². The van der Waals surface area contributed by atoms with E-state index in [2.05, 4.69) is 16.9 Å².